The second-order valence-corrected chi connectivity index (χ2v) is 7.22. The van der Waals surface area contributed by atoms with Gasteiger partial charge in [-0.15, -0.1) is 13.2 Å². The lowest BCUT2D eigenvalue weighted by molar-refractivity contribution is -0.134. The molecule has 0 unspecified atom stereocenters. The van der Waals surface area contributed by atoms with Crippen molar-refractivity contribution in [1.82, 2.24) is 19.6 Å². The molecule has 0 aromatic rings. The van der Waals surface area contributed by atoms with E-state index in [2.05, 4.69) is 23.0 Å². The molecule has 0 spiro atoms. The lowest BCUT2D eigenvalue weighted by atomic mass is 10.2. The maximum Gasteiger partial charge on any atom is 0.237 e. The van der Waals surface area contributed by atoms with Crippen molar-refractivity contribution in [2.24, 2.45) is 0 Å². The Morgan fingerprint density at radius 2 is 1.27 bits per heavy atom. The van der Waals surface area contributed by atoms with Crippen molar-refractivity contribution in [1.29, 1.82) is 0 Å². The number of likely N-dealkylation sites (tertiary alicyclic amines) is 1. The topological polar surface area (TPSA) is 47.1 Å². The molecule has 2 aliphatic heterocycles. The van der Waals surface area contributed by atoms with Crippen LogP contribution >= 0.6 is 0 Å². The van der Waals surface area contributed by atoms with Crippen LogP contribution in [-0.4, -0.2) is 96.9 Å². The molecule has 0 radical (unpaired) electrons. The Morgan fingerprint density at radius 1 is 0.769 bits per heavy atom. The van der Waals surface area contributed by atoms with E-state index in [1.165, 1.54) is 12.8 Å². The highest BCUT2D eigenvalue weighted by Crippen LogP contribution is 2.11. The highest BCUT2D eigenvalue weighted by molar-refractivity contribution is 5.79. The molecule has 6 nitrogen and oxygen atoms in total. The summed E-state index contributed by atoms with van der Waals surface area (Å²) >= 11 is 0. The molecule has 0 bridgehead atoms. The summed E-state index contributed by atoms with van der Waals surface area (Å²) in [6.45, 7) is 14.6. The Morgan fingerprint density at radius 3 is 1.77 bits per heavy atom. The van der Waals surface area contributed by atoms with Crippen molar-refractivity contribution < 1.29 is 9.59 Å². The second kappa shape index (κ2) is 11.1. The Bertz CT molecular complexity index is 468. The van der Waals surface area contributed by atoms with Crippen LogP contribution in [0.15, 0.2) is 25.3 Å². The van der Waals surface area contributed by atoms with Gasteiger partial charge >= 0.3 is 0 Å². The highest BCUT2D eigenvalue weighted by Gasteiger charge is 2.24. The first-order valence-electron chi connectivity index (χ1n) is 9.86. The van der Waals surface area contributed by atoms with Crippen LogP contribution in [0, 0.1) is 0 Å². The van der Waals surface area contributed by atoms with E-state index >= 15 is 0 Å². The van der Waals surface area contributed by atoms with E-state index in [0.717, 1.165) is 52.1 Å². The molecule has 2 heterocycles. The van der Waals surface area contributed by atoms with Gasteiger partial charge < -0.3 is 9.80 Å². The van der Waals surface area contributed by atoms with E-state index in [9.17, 15) is 9.59 Å². The minimum absolute atomic E-state index is 0.110. The summed E-state index contributed by atoms with van der Waals surface area (Å²) in [7, 11) is 0. The molecule has 0 N–H and O–H groups in total. The lowest BCUT2D eigenvalue weighted by Gasteiger charge is -2.35. The van der Waals surface area contributed by atoms with Gasteiger partial charge in [-0.25, -0.2) is 0 Å². The molecule has 6 heteroatoms. The van der Waals surface area contributed by atoms with Gasteiger partial charge in [-0.1, -0.05) is 25.0 Å². The third kappa shape index (κ3) is 6.57. The summed E-state index contributed by atoms with van der Waals surface area (Å²) in [4.78, 5) is 33.1. The molecule has 2 amide bonds. The van der Waals surface area contributed by atoms with Crippen molar-refractivity contribution in [3.05, 3.63) is 25.3 Å². The number of piperazine rings is 1. The van der Waals surface area contributed by atoms with Gasteiger partial charge in [-0.3, -0.25) is 19.4 Å². The first kappa shape index (κ1) is 20.6. The number of nitrogens with zero attached hydrogens (tertiary/aromatic N) is 4. The quantitative estimate of drug-likeness (QED) is 0.609. The fraction of sp³-hybridized carbons (Fsp3) is 0.700. The Hall–Kier alpha value is -1.66. The second-order valence-electron chi connectivity index (χ2n) is 7.22. The molecule has 0 aliphatic carbocycles. The van der Waals surface area contributed by atoms with Crippen molar-refractivity contribution in [2.75, 3.05) is 65.4 Å². The summed E-state index contributed by atoms with van der Waals surface area (Å²) in [6, 6.07) is 0. The van der Waals surface area contributed by atoms with E-state index in [0.29, 0.717) is 26.2 Å². The summed E-state index contributed by atoms with van der Waals surface area (Å²) in [5.41, 5.74) is 0. The van der Waals surface area contributed by atoms with Crippen LogP contribution in [-0.2, 0) is 9.59 Å². The van der Waals surface area contributed by atoms with Gasteiger partial charge in [0.05, 0.1) is 13.1 Å². The smallest absolute Gasteiger partial charge is 0.237 e. The van der Waals surface area contributed by atoms with Crippen LogP contribution < -0.4 is 0 Å². The van der Waals surface area contributed by atoms with Crippen LogP contribution in [0.5, 0.6) is 0 Å². The molecule has 0 aromatic heterocycles. The fourth-order valence-electron chi connectivity index (χ4n) is 3.60. The molecule has 146 valence electrons. The molecule has 2 aliphatic rings. The van der Waals surface area contributed by atoms with Crippen LogP contribution in [0.1, 0.15) is 25.7 Å². The van der Waals surface area contributed by atoms with Gasteiger partial charge in [-0.2, -0.15) is 0 Å². The van der Waals surface area contributed by atoms with Gasteiger partial charge in [0, 0.05) is 52.4 Å². The van der Waals surface area contributed by atoms with E-state index in [1.807, 2.05) is 4.90 Å². The first-order chi connectivity index (χ1) is 12.6. The van der Waals surface area contributed by atoms with Crippen molar-refractivity contribution in [2.45, 2.75) is 25.7 Å². The highest BCUT2D eigenvalue weighted by atomic mass is 16.2. The fourth-order valence-corrected chi connectivity index (χ4v) is 3.60. The summed E-state index contributed by atoms with van der Waals surface area (Å²) in [5.74, 6) is 0.374. The average Bonchev–Trinajstić information content (AvgIpc) is 2.92. The normalized spacial score (nSPS) is 19.6. The van der Waals surface area contributed by atoms with E-state index in [1.54, 1.807) is 17.1 Å². The maximum atomic E-state index is 12.5. The van der Waals surface area contributed by atoms with Crippen LogP contribution in [0.4, 0.5) is 0 Å². The lowest BCUT2D eigenvalue weighted by Crippen LogP contribution is -2.52. The summed E-state index contributed by atoms with van der Waals surface area (Å²) in [5, 5.41) is 0. The monoisotopic (exact) mass is 362 g/mol. The molecule has 2 fully saturated rings. The first-order valence-corrected chi connectivity index (χ1v) is 9.86. The van der Waals surface area contributed by atoms with Gasteiger partial charge in [0.25, 0.3) is 0 Å². The zero-order valence-electron chi connectivity index (χ0n) is 16.1. The van der Waals surface area contributed by atoms with E-state index in [-0.39, 0.29) is 11.8 Å². The van der Waals surface area contributed by atoms with Crippen LogP contribution in [0.25, 0.3) is 0 Å². The predicted octanol–water partition coefficient (Wildman–Crippen LogP) is 1.21. The number of rotatable bonds is 8. The number of hydrogen-bond donors (Lipinski definition) is 0. The maximum absolute atomic E-state index is 12.5. The largest absolute Gasteiger partial charge is 0.342 e. The third-order valence-electron chi connectivity index (χ3n) is 5.19. The average molecular weight is 363 g/mol. The molecule has 0 aromatic carbocycles. The third-order valence-corrected chi connectivity index (χ3v) is 5.19. The molecule has 2 rings (SSSR count). The van der Waals surface area contributed by atoms with Crippen LogP contribution in [0.2, 0.25) is 0 Å². The number of carbonyl (C=O) groups excluding carboxylic acids is 2. The number of carbonyl (C=O) groups is 2. The zero-order valence-corrected chi connectivity index (χ0v) is 16.1. The molecular weight excluding hydrogens is 328 g/mol. The number of hydrogen-bond acceptors (Lipinski definition) is 4. The van der Waals surface area contributed by atoms with Gasteiger partial charge in [0.15, 0.2) is 0 Å². The van der Waals surface area contributed by atoms with Crippen molar-refractivity contribution in [3.8, 4) is 0 Å². The molecule has 2 saturated heterocycles. The van der Waals surface area contributed by atoms with Gasteiger partial charge in [0.1, 0.15) is 0 Å². The predicted molar refractivity (Wildman–Crippen MR) is 105 cm³/mol. The van der Waals surface area contributed by atoms with Gasteiger partial charge in [0.2, 0.25) is 11.8 Å². The Kier molecular flexibility index (Phi) is 8.85. The molecule has 26 heavy (non-hydrogen) atoms. The standard InChI is InChI=1S/C20H34N4O2/c1-3-9-23(10-4-2)19(25)17-21-13-15-22(16-14-21)18-20(26)24-11-7-5-6-8-12-24/h3-4H,1-2,5-18H2. The SMILES string of the molecule is C=CCN(CC=C)C(=O)CN1CCN(CC(=O)N2CCCCCC2)CC1. The van der Waals surface area contributed by atoms with E-state index < -0.39 is 0 Å². The van der Waals surface area contributed by atoms with Crippen molar-refractivity contribution >= 4 is 11.8 Å². The minimum atomic E-state index is 0.110. The Balaban J connectivity index is 1.72. The summed E-state index contributed by atoms with van der Waals surface area (Å²) in [6.07, 6.45) is 8.24. The van der Waals surface area contributed by atoms with Crippen LogP contribution in [0.3, 0.4) is 0 Å². The number of amides is 2. The summed E-state index contributed by atoms with van der Waals surface area (Å²) < 4.78 is 0. The van der Waals surface area contributed by atoms with E-state index in [4.69, 9.17) is 0 Å². The molecule has 0 atom stereocenters. The zero-order chi connectivity index (χ0) is 18.8. The minimum Gasteiger partial charge on any atom is -0.342 e. The van der Waals surface area contributed by atoms with Gasteiger partial charge in [-0.05, 0) is 12.8 Å². The van der Waals surface area contributed by atoms with Crippen molar-refractivity contribution in [3.63, 3.8) is 0 Å². The Labute approximate surface area is 158 Å². The molecular formula is C20H34N4O2. The molecule has 0 saturated carbocycles.